The van der Waals surface area contributed by atoms with Gasteiger partial charge in [-0.15, -0.1) is 0 Å². The van der Waals surface area contributed by atoms with Gasteiger partial charge in [0.1, 0.15) is 0 Å². The van der Waals surface area contributed by atoms with E-state index in [1.54, 1.807) is 7.11 Å². The fraction of sp³-hybridized carbons (Fsp3) is 1.00. The van der Waals surface area contributed by atoms with Crippen molar-refractivity contribution in [2.45, 2.75) is 20.3 Å². The second-order valence-electron chi connectivity index (χ2n) is 5.02. The van der Waals surface area contributed by atoms with Crippen LogP contribution < -0.4 is 5.73 Å². The van der Waals surface area contributed by atoms with Crippen LogP contribution >= 0.6 is 0 Å². The summed E-state index contributed by atoms with van der Waals surface area (Å²) in [4.78, 5) is 2.51. The highest BCUT2D eigenvalue weighted by Crippen LogP contribution is 2.35. The minimum absolute atomic E-state index is 0.393. The van der Waals surface area contributed by atoms with Crippen LogP contribution in [0.5, 0.6) is 0 Å². The Morgan fingerprint density at radius 1 is 1.50 bits per heavy atom. The zero-order chi connectivity index (χ0) is 10.6. The van der Waals surface area contributed by atoms with Gasteiger partial charge in [-0.05, 0) is 24.9 Å². The lowest BCUT2D eigenvalue weighted by Gasteiger charge is -2.24. The highest BCUT2D eigenvalue weighted by Gasteiger charge is 2.38. The maximum atomic E-state index is 5.52. The third-order valence-corrected chi connectivity index (χ3v) is 3.26. The van der Waals surface area contributed by atoms with Gasteiger partial charge in [0.25, 0.3) is 0 Å². The molecule has 1 aliphatic rings. The molecule has 0 aromatic heterocycles. The van der Waals surface area contributed by atoms with Gasteiger partial charge < -0.3 is 15.4 Å². The van der Waals surface area contributed by atoms with Gasteiger partial charge in [-0.2, -0.15) is 0 Å². The highest BCUT2D eigenvalue weighted by atomic mass is 16.5. The third-order valence-electron chi connectivity index (χ3n) is 3.26. The first kappa shape index (κ1) is 12.0. The zero-order valence-electron chi connectivity index (χ0n) is 9.75. The van der Waals surface area contributed by atoms with E-state index >= 15 is 0 Å². The van der Waals surface area contributed by atoms with E-state index in [0.717, 1.165) is 26.1 Å². The van der Waals surface area contributed by atoms with E-state index in [1.165, 1.54) is 13.1 Å². The summed E-state index contributed by atoms with van der Waals surface area (Å²) in [7, 11) is 1.79. The van der Waals surface area contributed by atoms with Crippen molar-refractivity contribution in [1.82, 2.24) is 4.90 Å². The topological polar surface area (TPSA) is 38.5 Å². The van der Waals surface area contributed by atoms with Gasteiger partial charge in [-0.25, -0.2) is 0 Å². The molecule has 2 N–H and O–H groups in total. The smallest absolute Gasteiger partial charge is 0.0508 e. The highest BCUT2D eigenvalue weighted by molar-refractivity contribution is 4.90. The summed E-state index contributed by atoms with van der Waals surface area (Å²) in [5, 5.41) is 0. The molecule has 0 spiro atoms. The Bertz CT molecular complexity index is 171. The van der Waals surface area contributed by atoms with Crippen molar-refractivity contribution in [2.24, 2.45) is 17.1 Å². The van der Waals surface area contributed by atoms with Crippen molar-refractivity contribution >= 4 is 0 Å². The van der Waals surface area contributed by atoms with E-state index in [1.807, 2.05) is 0 Å². The summed E-state index contributed by atoms with van der Waals surface area (Å²) in [6.45, 7) is 9.83. The van der Waals surface area contributed by atoms with E-state index in [9.17, 15) is 0 Å². The van der Waals surface area contributed by atoms with Crippen molar-refractivity contribution in [3.63, 3.8) is 0 Å². The summed E-state index contributed by atoms with van der Waals surface area (Å²) in [5.74, 6) is 0.672. The second-order valence-corrected chi connectivity index (χ2v) is 5.02. The Balaban J connectivity index is 2.40. The van der Waals surface area contributed by atoms with Crippen molar-refractivity contribution < 1.29 is 4.74 Å². The van der Waals surface area contributed by atoms with Crippen molar-refractivity contribution in [2.75, 3.05) is 39.9 Å². The summed E-state index contributed by atoms with van der Waals surface area (Å²) < 4.78 is 5.26. The van der Waals surface area contributed by atoms with Crippen LogP contribution in [0.2, 0.25) is 0 Å². The predicted molar refractivity (Wildman–Crippen MR) is 59.3 cm³/mol. The normalized spacial score (nSPS) is 27.0. The van der Waals surface area contributed by atoms with Gasteiger partial charge >= 0.3 is 0 Å². The van der Waals surface area contributed by atoms with Crippen LogP contribution in [0.1, 0.15) is 20.3 Å². The van der Waals surface area contributed by atoms with Gasteiger partial charge in [0.05, 0.1) is 6.61 Å². The van der Waals surface area contributed by atoms with Gasteiger partial charge in [-0.1, -0.05) is 13.8 Å². The molecule has 0 bridgehead atoms. The van der Waals surface area contributed by atoms with Gasteiger partial charge in [0.15, 0.2) is 0 Å². The van der Waals surface area contributed by atoms with Gasteiger partial charge in [-0.3, -0.25) is 0 Å². The largest absolute Gasteiger partial charge is 0.384 e. The number of likely N-dealkylation sites (tertiary alicyclic amines) is 1. The maximum absolute atomic E-state index is 5.52. The Kier molecular flexibility index (Phi) is 4.35. The monoisotopic (exact) mass is 200 g/mol. The first-order valence-electron chi connectivity index (χ1n) is 5.51. The van der Waals surface area contributed by atoms with Crippen LogP contribution in [0.15, 0.2) is 0 Å². The predicted octanol–water partition coefficient (Wildman–Crippen LogP) is 0.940. The lowest BCUT2D eigenvalue weighted by atomic mass is 9.83. The Morgan fingerprint density at radius 3 is 2.79 bits per heavy atom. The number of ether oxygens (including phenoxy) is 1. The lowest BCUT2D eigenvalue weighted by Crippen LogP contribution is -2.26. The fourth-order valence-corrected chi connectivity index (χ4v) is 2.29. The average molecular weight is 200 g/mol. The quantitative estimate of drug-likeness (QED) is 0.718. The number of rotatable bonds is 5. The number of hydrogen-bond acceptors (Lipinski definition) is 3. The van der Waals surface area contributed by atoms with Crippen LogP contribution in [0.4, 0.5) is 0 Å². The first-order chi connectivity index (χ1) is 6.60. The summed E-state index contributed by atoms with van der Waals surface area (Å²) in [5.41, 5.74) is 5.91. The summed E-state index contributed by atoms with van der Waals surface area (Å²) in [6, 6.07) is 0. The van der Waals surface area contributed by atoms with E-state index in [-0.39, 0.29) is 0 Å². The van der Waals surface area contributed by atoms with Crippen LogP contribution in [0.25, 0.3) is 0 Å². The molecule has 14 heavy (non-hydrogen) atoms. The fourth-order valence-electron chi connectivity index (χ4n) is 2.29. The standard InChI is InChI=1S/C11H24N2O/c1-11(2)9-13(6-4-5-12)7-10(11)8-14-3/h10H,4-9,12H2,1-3H3/t10-/m0/s1. The Morgan fingerprint density at radius 2 is 2.21 bits per heavy atom. The van der Waals surface area contributed by atoms with Crippen molar-refractivity contribution in [1.29, 1.82) is 0 Å². The Labute approximate surface area is 87.6 Å². The van der Waals surface area contributed by atoms with Crippen molar-refractivity contribution in [3.8, 4) is 0 Å². The molecule has 1 aliphatic heterocycles. The number of hydrogen-bond donors (Lipinski definition) is 1. The molecule has 1 atom stereocenters. The third kappa shape index (κ3) is 2.94. The van der Waals surface area contributed by atoms with Crippen LogP contribution in [-0.4, -0.2) is 44.8 Å². The summed E-state index contributed by atoms with van der Waals surface area (Å²) >= 11 is 0. The molecule has 0 saturated carbocycles. The van der Waals surface area contributed by atoms with E-state index in [4.69, 9.17) is 10.5 Å². The lowest BCUT2D eigenvalue weighted by molar-refractivity contribution is 0.112. The molecule has 0 amide bonds. The molecular weight excluding hydrogens is 176 g/mol. The molecule has 1 saturated heterocycles. The molecule has 0 aliphatic carbocycles. The van der Waals surface area contributed by atoms with Crippen LogP contribution in [0.3, 0.4) is 0 Å². The van der Waals surface area contributed by atoms with E-state index in [0.29, 0.717) is 11.3 Å². The maximum Gasteiger partial charge on any atom is 0.0508 e. The Hall–Kier alpha value is -0.120. The summed E-state index contributed by atoms with van der Waals surface area (Å²) in [6.07, 6.45) is 1.11. The van der Waals surface area contributed by atoms with Crippen LogP contribution in [-0.2, 0) is 4.74 Å². The van der Waals surface area contributed by atoms with Gasteiger partial charge in [0, 0.05) is 26.1 Å². The molecule has 1 rings (SSSR count). The average Bonchev–Trinajstić information content (AvgIpc) is 2.39. The zero-order valence-corrected chi connectivity index (χ0v) is 9.75. The molecule has 1 heterocycles. The number of nitrogens with zero attached hydrogens (tertiary/aromatic N) is 1. The molecule has 0 aromatic rings. The van der Waals surface area contributed by atoms with Gasteiger partial charge in [0.2, 0.25) is 0 Å². The molecular formula is C11H24N2O. The van der Waals surface area contributed by atoms with E-state index < -0.39 is 0 Å². The number of methoxy groups -OCH3 is 1. The second kappa shape index (κ2) is 5.10. The molecule has 84 valence electrons. The minimum Gasteiger partial charge on any atom is -0.384 e. The molecule has 1 fully saturated rings. The van der Waals surface area contributed by atoms with Crippen molar-refractivity contribution in [3.05, 3.63) is 0 Å². The minimum atomic E-state index is 0.393. The van der Waals surface area contributed by atoms with E-state index in [2.05, 4.69) is 18.7 Å². The van der Waals surface area contributed by atoms with Crippen LogP contribution in [0, 0.1) is 11.3 Å². The molecule has 3 heteroatoms. The molecule has 0 radical (unpaired) electrons. The molecule has 0 aromatic carbocycles. The molecule has 3 nitrogen and oxygen atoms in total. The first-order valence-corrected chi connectivity index (χ1v) is 5.51. The SMILES string of the molecule is COC[C@@H]1CN(CCCN)CC1(C)C. The number of nitrogens with two attached hydrogens (primary N) is 1. The molecule has 0 unspecified atom stereocenters.